The summed E-state index contributed by atoms with van der Waals surface area (Å²) in [4.78, 5) is 22.8. The van der Waals surface area contributed by atoms with Crippen LogP contribution >= 0.6 is 0 Å². The molecule has 0 unspecified atom stereocenters. The Labute approximate surface area is 146 Å². The van der Waals surface area contributed by atoms with E-state index in [9.17, 15) is 14.9 Å². The molecule has 0 spiro atoms. The number of carbonyl (C=O) groups is 1. The van der Waals surface area contributed by atoms with E-state index in [4.69, 9.17) is 4.74 Å². The number of aryl methyl sites for hydroxylation is 1. The molecule has 1 aromatic heterocycles. The largest absolute Gasteiger partial charge is 0.464 e. The zero-order valence-electron chi connectivity index (χ0n) is 14.5. The molecule has 1 aliphatic rings. The standard InChI is InChI=1S/C19H22N2O4/c1-3-25-19(22)13(2)20-17-7-5-4-6-15(17)12-18(20)14-8-10-16(11-9-14)21(23)24/h8-13H,3-7H2,1-2H3/t13-/m0/s1. The maximum absolute atomic E-state index is 12.3. The monoisotopic (exact) mass is 342 g/mol. The molecular weight excluding hydrogens is 320 g/mol. The molecular formula is C19H22N2O4. The number of carbonyl (C=O) groups excluding carboxylic acids is 1. The van der Waals surface area contributed by atoms with Crippen molar-refractivity contribution in [3.05, 3.63) is 51.7 Å². The lowest BCUT2D eigenvalue weighted by Crippen LogP contribution is -2.22. The zero-order chi connectivity index (χ0) is 18.0. The Kier molecular flexibility index (Phi) is 4.88. The number of hydrogen-bond donors (Lipinski definition) is 0. The van der Waals surface area contributed by atoms with Gasteiger partial charge < -0.3 is 9.30 Å². The van der Waals surface area contributed by atoms with Gasteiger partial charge in [-0.1, -0.05) is 0 Å². The van der Waals surface area contributed by atoms with Crippen LogP contribution in [0.3, 0.4) is 0 Å². The van der Waals surface area contributed by atoms with E-state index >= 15 is 0 Å². The summed E-state index contributed by atoms with van der Waals surface area (Å²) in [6.45, 7) is 3.99. The second-order valence-electron chi connectivity index (χ2n) is 6.31. The van der Waals surface area contributed by atoms with Crippen LogP contribution in [0.2, 0.25) is 0 Å². The van der Waals surface area contributed by atoms with Crippen LogP contribution in [-0.2, 0) is 22.4 Å². The van der Waals surface area contributed by atoms with Gasteiger partial charge in [0.2, 0.25) is 0 Å². The fourth-order valence-electron chi connectivity index (χ4n) is 3.51. The van der Waals surface area contributed by atoms with Crippen molar-refractivity contribution in [3.8, 4) is 11.3 Å². The summed E-state index contributed by atoms with van der Waals surface area (Å²) in [6, 6.07) is 8.18. The summed E-state index contributed by atoms with van der Waals surface area (Å²) in [5, 5.41) is 10.9. The molecule has 6 nitrogen and oxygen atoms in total. The van der Waals surface area contributed by atoms with Gasteiger partial charge in [-0.05, 0) is 68.9 Å². The summed E-state index contributed by atoms with van der Waals surface area (Å²) < 4.78 is 7.26. The third-order valence-corrected chi connectivity index (χ3v) is 4.73. The van der Waals surface area contributed by atoms with Crippen molar-refractivity contribution in [2.75, 3.05) is 6.61 Å². The number of nitro benzene ring substituents is 1. The molecule has 3 rings (SSSR count). The Morgan fingerprint density at radius 2 is 1.96 bits per heavy atom. The molecule has 6 heteroatoms. The first-order chi connectivity index (χ1) is 12.0. The van der Waals surface area contributed by atoms with E-state index < -0.39 is 11.0 Å². The zero-order valence-corrected chi connectivity index (χ0v) is 14.5. The quantitative estimate of drug-likeness (QED) is 0.466. The van der Waals surface area contributed by atoms with E-state index in [1.165, 1.54) is 23.4 Å². The third kappa shape index (κ3) is 3.29. The summed E-state index contributed by atoms with van der Waals surface area (Å²) in [6.07, 6.45) is 4.18. The molecule has 1 atom stereocenters. The van der Waals surface area contributed by atoms with Gasteiger partial charge in [-0.25, -0.2) is 4.79 Å². The summed E-state index contributed by atoms with van der Waals surface area (Å²) in [7, 11) is 0. The van der Waals surface area contributed by atoms with Crippen molar-refractivity contribution in [1.29, 1.82) is 0 Å². The van der Waals surface area contributed by atoms with E-state index in [1.807, 2.05) is 11.5 Å². The number of nitrogens with zero attached hydrogens (tertiary/aromatic N) is 2. The van der Waals surface area contributed by atoms with Gasteiger partial charge in [-0.15, -0.1) is 0 Å². The highest BCUT2D eigenvalue weighted by atomic mass is 16.6. The number of hydrogen-bond acceptors (Lipinski definition) is 4. The molecule has 0 radical (unpaired) electrons. The molecule has 0 aliphatic heterocycles. The maximum Gasteiger partial charge on any atom is 0.328 e. The number of nitro groups is 1. The molecule has 0 bridgehead atoms. The predicted molar refractivity (Wildman–Crippen MR) is 94.5 cm³/mol. The summed E-state index contributed by atoms with van der Waals surface area (Å²) in [5.41, 5.74) is 4.29. The van der Waals surface area contributed by atoms with Crippen molar-refractivity contribution in [2.45, 2.75) is 45.6 Å². The van der Waals surface area contributed by atoms with Crippen molar-refractivity contribution >= 4 is 11.7 Å². The average molecular weight is 342 g/mol. The normalized spacial score (nSPS) is 14.6. The molecule has 1 aromatic carbocycles. The van der Waals surface area contributed by atoms with Crippen molar-refractivity contribution in [2.24, 2.45) is 0 Å². The highest BCUT2D eigenvalue weighted by Gasteiger charge is 2.26. The number of rotatable bonds is 5. The molecule has 0 saturated carbocycles. The Morgan fingerprint density at radius 1 is 1.28 bits per heavy atom. The highest BCUT2D eigenvalue weighted by Crippen LogP contribution is 2.34. The van der Waals surface area contributed by atoms with E-state index in [0.717, 1.165) is 36.9 Å². The molecule has 25 heavy (non-hydrogen) atoms. The van der Waals surface area contributed by atoms with E-state index in [1.54, 1.807) is 19.1 Å². The number of fused-ring (bicyclic) bond motifs is 1. The number of non-ortho nitro benzene ring substituents is 1. The van der Waals surface area contributed by atoms with Gasteiger partial charge in [0.15, 0.2) is 0 Å². The Hall–Kier alpha value is -2.63. The second-order valence-corrected chi connectivity index (χ2v) is 6.31. The van der Waals surface area contributed by atoms with Crippen LogP contribution in [0.1, 0.15) is 44.0 Å². The first-order valence-electron chi connectivity index (χ1n) is 8.67. The lowest BCUT2D eigenvalue weighted by atomic mass is 9.97. The van der Waals surface area contributed by atoms with E-state index in [-0.39, 0.29) is 11.7 Å². The summed E-state index contributed by atoms with van der Waals surface area (Å²) >= 11 is 0. The van der Waals surface area contributed by atoms with Gasteiger partial charge in [0.1, 0.15) is 6.04 Å². The maximum atomic E-state index is 12.3. The minimum Gasteiger partial charge on any atom is -0.464 e. The second kappa shape index (κ2) is 7.09. The van der Waals surface area contributed by atoms with Crippen LogP contribution in [0.5, 0.6) is 0 Å². The van der Waals surface area contributed by atoms with Crippen molar-refractivity contribution < 1.29 is 14.5 Å². The minimum atomic E-state index is -0.424. The number of ether oxygens (including phenoxy) is 1. The van der Waals surface area contributed by atoms with E-state index in [2.05, 4.69) is 6.07 Å². The first kappa shape index (κ1) is 17.2. The Morgan fingerprint density at radius 3 is 2.60 bits per heavy atom. The Bertz CT molecular complexity index is 793. The van der Waals surface area contributed by atoms with Crippen LogP contribution in [0.25, 0.3) is 11.3 Å². The average Bonchev–Trinajstić information content (AvgIpc) is 3.00. The van der Waals surface area contributed by atoms with Crippen molar-refractivity contribution in [1.82, 2.24) is 4.57 Å². The Balaban J connectivity index is 2.07. The SMILES string of the molecule is CCOC(=O)[C@H](C)n1c(-c2ccc([N+](=O)[O-])cc2)cc2c1CCCC2. The fourth-order valence-corrected chi connectivity index (χ4v) is 3.51. The van der Waals surface area contributed by atoms with Gasteiger partial charge >= 0.3 is 5.97 Å². The topological polar surface area (TPSA) is 74.4 Å². The summed E-state index contributed by atoms with van der Waals surface area (Å²) in [5.74, 6) is -0.255. The number of aromatic nitrogens is 1. The fraction of sp³-hybridized carbons (Fsp3) is 0.421. The highest BCUT2D eigenvalue weighted by molar-refractivity contribution is 5.76. The van der Waals surface area contributed by atoms with Crippen LogP contribution in [0.4, 0.5) is 5.69 Å². The van der Waals surface area contributed by atoms with Crippen LogP contribution in [0.15, 0.2) is 30.3 Å². The third-order valence-electron chi connectivity index (χ3n) is 4.73. The number of esters is 1. The lowest BCUT2D eigenvalue weighted by Gasteiger charge is -2.22. The van der Waals surface area contributed by atoms with Crippen LogP contribution in [0, 0.1) is 10.1 Å². The van der Waals surface area contributed by atoms with Gasteiger partial charge in [-0.2, -0.15) is 0 Å². The molecule has 1 heterocycles. The van der Waals surface area contributed by atoms with Crippen molar-refractivity contribution in [3.63, 3.8) is 0 Å². The molecule has 0 amide bonds. The van der Waals surface area contributed by atoms with Crippen LogP contribution in [-0.4, -0.2) is 22.1 Å². The molecule has 132 valence electrons. The van der Waals surface area contributed by atoms with E-state index in [0.29, 0.717) is 6.61 Å². The smallest absolute Gasteiger partial charge is 0.328 e. The molecule has 0 fully saturated rings. The van der Waals surface area contributed by atoms with Gasteiger partial charge in [0.05, 0.1) is 11.5 Å². The molecule has 1 aliphatic carbocycles. The molecule has 0 saturated heterocycles. The lowest BCUT2D eigenvalue weighted by molar-refractivity contribution is -0.384. The van der Waals surface area contributed by atoms with Crippen LogP contribution < -0.4 is 0 Å². The predicted octanol–water partition coefficient (Wildman–Crippen LogP) is 4.07. The van der Waals surface area contributed by atoms with Gasteiger partial charge in [-0.3, -0.25) is 10.1 Å². The van der Waals surface area contributed by atoms with Gasteiger partial charge in [0.25, 0.3) is 5.69 Å². The van der Waals surface area contributed by atoms with Gasteiger partial charge in [0, 0.05) is 23.5 Å². The first-order valence-corrected chi connectivity index (χ1v) is 8.67. The molecule has 2 aromatic rings. The number of benzene rings is 1. The minimum absolute atomic E-state index is 0.0602. The molecule has 0 N–H and O–H groups in total.